The van der Waals surface area contributed by atoms with Crippen molar-refractivity contribution in [3.63, 3.8) is 0 Å². The van der Waals surface area contributed by atoms with Crippen molar-refractivity contribution in [1.82, 2.24) is 5.16 Å². The van der Waals surface area contributed by atoms with E-state index >= 15 is 0 Å². The van der Waals surface area contributed by atoms with Gasteiger partial charge in [-0.3, -0.25) is 4.79 Å². The molecule has 134 valence electrons. The van der Waals surface area contributed by atoms with Gasteiger partial charge in [0, 0.05) is 16.7 Å². The molecule has 1 heterocycles. The normalized spacial score (nSPS) is 10.7. The van der Waals surface area contributed by atoms with E-state index in [-0.39, 0.29) is 11.3 Å². The topological polar surface area (TPSA) is 64.4 Å². The fourth-order valence-corrected chi connectivity index (χ4v) is 2.74. The second-order valence-corrected chi connectivity index (χ2v) is 6.14. The fourth-order valence-electron chi connectivity index (χ4n) is 2.59. The van der Waals surface area contributed by atoms with Crippen LogP contribution in [0.15, 0.2) is 40.9 Å². The average Bonchev–Trinajstić information content (AvgIpc) is 2.99. The Labute approximate surface area is 154 Å². The summed E-state index contributed by atoms with van der Waals surface area (Å²) in [6, 6.07) is 9.15. The largest absolute Gasteiger partial charge is 0.495 e. The van der Waals surface area contributed by atoms with Gasteiger partial charge in [-0.2, -0.15) is 0 Å². The summed E-state index contributed by atoms with van der Waals surface area (Å²) < 4.78 is 24.0. The number of nitrogens with zero attached hydrogens (tertiary/aromatic N) is 1. The molecule has 5 nitrogen and oxygen atoms in total. The van der Waals surface area contributed by atoms with E-state index in [1.807, 2.05) is 6.92 Å². The third-order valence-corrected chi connectivity index (χ3v) is 4.32. The SMILES string of the molecule is COc1cc(Cl)c(C)cc1NC(=O)c1c(-c2cccc(F)c2)noc1C. The maximum atomic E-state index is 13.5. The number of methoxy groups -OCH3 is 1. The molecule has 0 aliphatic heterocycles. The lowest BCUT2D eigenvalue weighted by atomic mass is 10.1. The van der Waals surface area contributed by atoms with Crippen LogP contribution in [-0.2, 0) is 0 Å². The lowest BCUT2D eigenvalue weighted by Gasteiger charge is -2.12. The summed E-state index contributed by atoms with van der Waals surface area (Å²) in [6.45, 7) is 3.44. The van der Waals surface area contributed by atoms with Gasteiger partial charge in [0.15, 0.2) is 0 Å². The number of hydrogen-bond donors (Lipinski definition) is 1. The molecule has 0 radical (unpaired) electrons. The van der Waals surface area contributed by atoms with Crippen molar-refractivity contribution in [1.29, 1.82) is 0 Å². The summed E-state index contributed by atoms with van der Waals surface area (Å²) >= 11 is 6.09. The minimum Gasteiger partial charge on any atom is -0.495 e. The van der Waals surface area contributed by atoms with E-state index in [2.05, 4.69) is 10.5 Å². The number of anilines is 1. The summed E-state index contributed by atoms with van der Waals surface area (Å²) in [7, 11) is 1.49. The molecule has 1 amide bonds. The van der Waals surface area contributed by atoms with Gasteiger partial charge in [-0.05, 0) is 37.6 Å². The molecular weight excluding hydrogens is 359 g/mol. The number of amides is 1. The number of aryl methyl sites for hydroxylation is 2. The maximum Gasteiger partial charge on any atom is 0.261 e. The smallest absolute Gasteiger partial charge is 0.261 e. The highest BCUT2D eigenvalue weighted by atomic mass is 35.5. The number of ether oxygens (including phenoxy) is 1. The van der Waals surface area contributed by atoms with Gasteiger partial charge in [-0.25, -0.2) is 4.39 Å². The number of hydrogen-bond acceptors (Lipinski definition) is 4. The van der Waals surface area contributed by atoms with Crippen LogP contribution in [0.25, 0.3) is 11.3 Å². The third-order valence-electron chi connectivity index (χ3n) is 3.92. The number of aromatic nitrogens is 1. The number of halogens is 2. The molecule has 0 unspecified atom stereocenters. The first-order valence-electron chi connectivity index (χ1n) is 7.78. The molecular formula is C19H16ClFN2O3. The second-order valence-electron chi connectivity index (χ2n) is 5.73. The van der Waals surface area contributed by atoms with Crippen molar-refractivity contribution in [2.45, 2.75) is 13.8 Å². The van der Waals surface area contributed by atoms with Crippen LogP contribution in [0.1, 0.15) is 21.7 Å². The highest BCUT2D eigenvalue weighted by molar-refractivity contribution is 6.31. The predicted molar refractivity (Wildman–Crippen MR) is 97.3 cm³/mol. The average molecular weight is 375 g/mol. The van der Waals surface area contributed by atoms with Gasteiger partial charge in [0.05, 0.1) is 12.8 Å². The summed E-state index contributed by atoms with van der Waals surface area (Å²) in [4.78, 5) is 12.8. The molecule has 0 saturated heterocycles. The Morgan fingerprint density at radius 2 is 2.04 bits per heavy atom. The first-order valence-corrected chi connectivity index (χ1v) is 8.16. The van der Waals surface area contributed by atoms with Crippen molar-refractivity contribution in [3.8, 4) is 17.0 Å². The fraction of sp³-hybridized carbons (Fsp3) is 0.158. The monoisotopic (exact) mass is 374 g/mol. The molecule has 26 heavy (non-hydrogen) atoms. The summed E-state index contributed by atoms with van der Waals surface area (Å²) in [5, 5.41) is 7.22. The highest BCUT2D eigenvalue weighted by Gasteiger charge is 2.23. The van der Waals surface area contributed by atoms with Crippen LogP contribution in [0.2, 0.25) is 5.02 Å². The van der Waals surface area contributed by atoms with Crippen LogP contribution in [0.4, 0.5) is 10.1 Å². The van der Waals surface area contributed by atoms with Crippen LogP contribution in [0.3, 0.4) is 0 Å². The number of rotatable bonds is 4. The second kappa shape index (κ2) is 7.17. The molecule has 0 aliphatic rings. The van der Waals surface area contributed by atoms with Crippen molar-refractivity contribution < 1.29 is 18.4 Å². The lowest BCUT2D eigenvalue weighted by molar-refractivity contribution is 0.102. The van der Waals surface area contributed by atoms with Crippen LogP contribution in [0.5, 0.6) is 5.75 Å². The van der Waals surface area contributed by atoms with E-state index in [1.165, 1.54) is 19.2 Å². The van der Waals surface area contributed by atoms with Crippen LogP contribution < -0.4 is 10.1 Å². The van der Waals surface area contributed by atoms with Crippen molar-refractivity contribution in [3.05, 3.63) is 64.1 Å². The standard InChI is InChI=1S/C19H16ClFN2O3/c1-10-7-15(16(25-3)9-14(10)20)22-19(24)17-11(2)26-23-18(17)12-5-4-6-13(21)8-12/h4-9H,1-3H3,(H,22,24). The predicted octanol–water partition coefficient (Wildman–Crippen LogP) is 5.01. The molecule has 0 aliphatic carbocycles. The zero-order valence-corrected chi connectivity index (χ0v) is 15.1. The van der Waals surface area contributed by atoms with E-state index in [9.17, 15) is 9.18 Å². The van der Waals surface area contributed by atoms with Gasteiger partial charge in [-0.1, -0.05) is 28.9 Å². The molecule has 2 aromatic carbocycles. The van der Waals surface area contributed by atoms with Gasteiger partial charge in [0.1, 0.15) is 28.6 Å². The number of benzene rings is 2. The molecule has 7 heteroatoms. The Hall–Kier alpha value is -2.86. The molecule has 1 aromatic heterocycles. The van der Waals surface area contributed by atoms with E-state index in [0.717, 1.165) is 5.56 Å². The molecule has 1 N–H and O–H groups in total. The Kier molecular flexibility index (Phi) is 4.95. The zero-order chi connectivity index (χ0) is 18.8. The van der Waals surface area contributed by atoms with Gasteiger partial charge in [0.25, 0.3) is 5.91 Å². The third kappa shape index (κ3) is 3.41. The Balaban J connectivity index is 2.00. The summed E-state index contributed by atoms with van der Waals surface area (Å²) in [5.74, 6) is -0.116. The Morgan fingerprint density at radius 1 is 1.27 bits per heavy atom. The highest BCUT2D eigenvalue weighted by Crippen LogP contribution is 2.32. The number of carbonyl (C=O) groups excluding carboxylic acids is 1. The Morgan fingerprint density at radius 3 is 2.73 bits per heavy atom. The van der Waals surface area contributed by atoms with Crippen molar-refractivity contribution >= 4 is 23.2 Å². The molecule has 3 rings (SSSR count). The zero-order valence-electron chi connectivity index (χ0n) is 14.4. The van der Waals surface area contributed by atoms with Crippen molar-refractivity contribution in [2.24, 2.45) is 0 Å². The van der Waals surface area contributed by atoms with E-state index in [0.29, 0.717) is 27.8 Å². The maximum absolute atomic E-state index is 13.5. The molecule has 0 atom stereocenters. The van der Waals surface area contributed by atoms with Gasteiger partial charge in [-0.15, -0.1) is 0 Å². The molecule has 0 bridgehead atoms. The first kappa shape index (κ1) is 17.9. The van der Waals surface area contributed by atoms with Crippen LogP contribution in [0, 0.1) is 19.7 Å². The van der Waals surface area contributed by atoms with Gasteiger partial charge >= 0.3 is 0 Å². The van der Waals surface area contributed by atoms with Crippen LogP contribution >= 0.6 is 11.6 Å². The molecule has 3 aromatic rings. The lowest BCUT2D eigenvalue weighted by Crippen LogP contribution is -2.14. The molecule has 0 fully saturated rings. The first-order chi connectivity index (χ1) is 12.4. The van der Waals surface area contributed by atoms with Gasteiger partial charge in [0.2, 0.25) is 0 Å². The van der Waals surface area contributed by atoms with Crippen molar-refractivity contribution in [2.75, 3.05) is 12.4 Å². The number of nitrogens with one attached hydrogen (secondary N) is 1. The number of carbonyl (C=O) groups is 1. The van der Waals surface area contributed by atoms with Crippen LogP contribution in [-0.4, -0.2) is 18.2 Å². The minimum absolute atomic E-state index is 0.227. The minimum atomic E-state index is -0.442. The van der Waals surface area contributed by atoms with E-state index in [4.69, 9.17) is 20.9 Å². The molecule has 0 spiro atoms. The quantitative estimate of drug-likeness (QED) is 0.697. The Bertz CT molecular complexity index is 985. The van der Waals surface area contributed by atoms with E-state index in [1.54, 1.807) is 31.2 Å². The van der Waals surface area contributed by atoms with Gasteiger partial charge < -0.3 is 14.6 Å². The summed E-state index contributed by atoms with van der Waals surface area (Å²) in [5.41, 5.74) is 2.20. The van der Waals surface area contributed by atoms with E-state index < -0.39 is 11.7 Å². The molecule has 0 saturated carbocycles. The summed E-state index contributed by atoms with van der Waals surface area (Å²) in [6.07, 6.45) is 0.